The Kier molecular flexibility index (Phi) is 4.77. The molecule has 1 atom stereocenters. The number of benzene rings is 1. The molecule has 3 heterocycles. The molecule has 2 aromatic heterocycles. The third kappa shape index (κ3) is 3.12. The van der Waals surface area contributed by atoms with Gasteiger partial charge < -0.3 is 9.80 Å². The third-order valence-electron chi connectivity index (χ3n) is 4.84. The van der Waals surface area contributed by atoms with Gasteiger partial charge in [-0.2, -0.15) is 5.10 Å². The Labute approximate surface area is 173 Å². The molecule has 0 fully saturated rings. The van der Waals surface area contributed by atoms with Crippen molar-refractivity contribution in [1.29, 1.82) is 0 Å². The fourth-order valence-corrected chi connectivity index (χ4v) is 3.67. The Balaban J connectivity index is 1.80. The quantitative estimate of drug-likeness (QED) is 0.629. The summed E-state index contributed by atoms with van der Waals surface area (Å²) in [5, 5.41) is 5.37. The molecule has 0 bridgehead atoms. The van der Waals surface area contributed by atoms with Crippen LogP contribution in [0.4, 0.5) is 11.5 Å². The number of pyridine rings is 1. The van der Waals surface area contributed by atoms with Crippen molar-refractivity contribution >= 4 is 40.6 Å². The lowest BCUT2D eigenvalue weighted by atomic mass is 10.0. The van der Waals surface area contributed by atoms with Gasteiger partial charge >= 0.3 is 0 Å². The van der Waals surface area contributed by atoms with Gasteiger partial charge in [0, 0.05) is 38.1 Å². The lowest BCUT2D eigenvalue weighted by Gasteiger charge is -2.32. The van der Waals surface area contributed by atoms with Crippen molar-refractivity contribution in [1.82, 2.24) is 14.8 Å². The summed E-state index contributed by atoms with van der Waals surface area (Å²) in [6.07, 6.45) is 3.49. The fourth-order valence-electron chi connectivity index (χ4n) is 3.38. The number of aromatic nitrogens is 3. The normalized spacial score (nSPS) is 16.2. The van der Waals surface area contributed by atoms with Crippen LogP contribution in [0.25, 0.3) is 11.1 Å². The zero-order valence-electron chi connectivity index (χ0n) is 15.7. The van der Waals surface area contributed by atoms with Crippen molar-refractivity contribution < 1.29 is 4.79 Å². The highest BCUT2D eigenvalue weighted by atomic mass is 35.5. The van der Waals surface area contributed by atoms with E-state index in [1.807, 2.05) is 38.1 Å². The molecule has 0 aliphatic carbocycles. The molecule has 0 saturated carbocycles. The van der Waals surface area contributed by atoms with Crippen molar-refractivity contribution in [2.75, 3.05) is 30.4 Å². The number of nitrogens with zero attached hydrogens (tertiary/aromatic N) is 5. The average Bonchev–Trinajstić information content (AvgIpc) is 3.13. The largest absolute Gasteiger partial charge is 0.363 e. The van der Waals surface area contributed by atoms with Crippen LogP contribution in [-0.2, 0) is 0 Å². The van der Waals surface area contributed by atoms with Crippen LogP contribution >= 0.6 is 23.2 Å². The van der Waals surface area contributed by atoms with Gasteiger partial charge in [-0.25, -0.2) is 4.98 Å². The molecule has 3 aromatic rings. The summed E-state index contributed by atoms with van der Waals surface area (Å²) >= 11 is 12.2. The van der Waals surface area contributed by atoms with Crippen LogP contribution in [0.15, 0.2) is 42.7 Å². The average molecular weight is 416 g/mol. The summed E-state index contributed by atoms with van der Waals surface area (Å²) in [6.45, 7) is 2.54. The van der Waals surface area contributed by atoms with E-state index in [2.05, 4.69) is 10.1 Å². The zero-order chi connectivity index (χ0) is 20.0. The van der Waals surface area contributed by atoms with Crippen LogP contribution in [-0.4, -0.2) is 41.3 Å². The van der Waals surface area contributed by atoms with E-state index in [9.17, 15) is 4.79 Å². The van der Waals surface area contributed by atoms with Crippen LogP contribution in [0.1, 0.15) is 23.5 Å². The number of halogens is 2. The monoisotopic (exact) mass is 415 g/mol. The van der Waals surface area contributed by atoms with E-state index in [1.165, 1.54) is 0 Å². The van der Waals surface area contributed by atoms with Crippen LogP contribution in [0.5, 0.6) is 0 Å². The maximum Gasteiger partial charge on any atom is 0.277 e. The summed E-state index contributed by atoms with van der Waals surface area (Å²) in [5.74, 6) is 0.697. The van der Waals surface area contributed by atoms with Gasteiger partial charge in [-0.05, 0) is 42.8 Å². The van der Waals surface area contributed by atoms with E-state index in [0.29, 0.717) is 28.0 Å². The predicted molar refractivity (Wildman–Crippen MR) is 113 cm³/mol. The Morgan fingerprint density at radius 1 is 1.14 bits per heavy atom. The molecule has 6 nitrogen and oxygen atoms in total. The molecule has 0 unspecified atom stereocenters. The van der Waals surface area contributed by atoms with Gasteiger partial charge in [0.1, 0.15) is 11.5 Å². The van der Waals surface area contributed by atoms with Crippen molar-refractivity contribution in [2.45, 2.75) is 13.0 Å². The highest BCUT2D eigenvalue weighted by Gasteiger charge is 2.34. The molecule has 1 aromatic carbocycles. The van der Waals surface area contributed by atoms with E-state index in [1.54, 1.807) is 40.2 Å². The minimum absolute atomic E-state index is 0.0195. The molecular weight excluding hydrogens is 397 g/mol. The summed E-state index contributed by atoms with van der Waals surface area (Å²) in [6, 6.07) is 9.09. The minimum atomic E-state index is -0.118. The molecule has 1 aliphatic rings. The maximum atomic E-state index is 13.4. The first kappa shape index (κ1) is 18.8. The van der Waals surface area contributed by atoms with Gasteiger partial charge in [0.2, 0.25) is 0 Å². The first-order valence-electron chi connectivity index (χ1n) is 8.85. The van der Waals surface area contributed by atoms with Gasteiger partial charge in [0.15, 0.2) is 0 Å². The Morgan fingerprint density at radius 3 is 2.64 bits per heavy atom. The standard InChI is InChI=1S/C20H19Cl2N5O/c1-12-11-26(14-4-5-16(21)17(22)9-14)20(28)19-15(10-24-27(12)19)13-6-7-23-18(8-13)25(2)3/h4-10,12H,11H2,1-3H3/t12-/m0/s1. The molecule has 1 aliphatic heterocycles. The predicted octanol–water partition coefficient (Wildman–Crippen LogP) is 4.54. The second-order valence-corrected chi connectivity index (χ2v) is 7.83. The summed E-state index contributed by atoms with van der Waals surface area (Å²) in [7, 11) is 3.86. The molecule has 144 valence electrons. The molecule has 0 saturated heterocycles. The Hall–Kier alpha value is -2.57. The van der Waals surface area contributed by atoms with Crippen molar-refractivity contribution in [2.24, 2.45) is 0 Å². The van der Waals surface area contributed by atoms with E-state index < -0.39 is 0 Å². The SMILES string of the molecule is C[C@H]1CN(c2ccc(Cl)c(Cl)c2)C(=O)c2c(-c3ccnc(N(C)C)c3)cnn21. The van der Waals surface area contributed by atoms with Crippen molar-refractivity contribution in [3.63, 3.8) is 0 Å². The molecule has 0 spiro atoms. The number of hydrogen-bond donors (Lipinski definition) is 0. The number of carbonyl (C=O) groups excluding carboxylic acids is 1. The second-order valence-electron chi connectivity index (χ2n) is 7.01. The van der Waals surface area contributed by atoms with Crippen LogP contribution < -0.4 is 9.80 Å². The highest BCUT2D eigenvalue weighted by Crippen LogP contribution is 2.35. The smallest absolute Gasteiger partial charge is 0.277 e. The number of amides is 1. The van der Waals surface area contributed by atoms with E-state index >= 15 is 0 Å². The zero-order valence-corrected chi connectivity index (χ0v) is 17.2. The summed E-state index contributed by atoms with van der Waals surface area (Å²) in [5.41, 5.74) is 2.96. The van der Waals surface area contributed by atoms with Gasteiger partial charge in [-0.15, -0.1) is 0 Å². The topological polar surface area (TPSA) is 54.3 Å². The molecule has 8 heteroatoms. The number of fused-ring (bicyclic) bond motifs is 1. The summed E-state index contributed by atoms with van der Waals surface area (Å²) in [4.78, 5) is 21.4. The Bertz CT molecular complexity index is 1060. The molecule has 4 rings (SSSR count). The van der Waals surface area contributed by atoms with Gasteiger partial charge in [0.25, 0.3) is 5.91 Å². The fraction of sp³-hybridized carbons (Fsp3) is 0.250. The molecular formula is C20H19Cl2N5O. The number of hydrogen-bond acceptors (Lipinski definition) is 4. The van der Waals surface area contributed by atoms with E-state index in [4.69, 9.17) is 23.2 Å². The highest BCUT2D eigenvalue weighted by molar-refractivity contribution is 6.42. The first-order chi connectivity index (χ1) is 13.4. The third-order valence-corrected chi connectivity index (χ3v) is 5.58. The van der Waals surface area contributed by atoms with Crippen LogP contribution in [0.2, 0.25) is 10.0 Å². The Morgan fingerprint density at radius 2 is 1.93 bits per heavy atom. The second kappa shape index (κ2) is 7.11. The molecule has 0 N–H and O–H groups in total. The molecule has 1 amide bonds. The van der Waals surface area contributed by atoms with Gasteiger partial charge in [-0.1, -0.05) is 23.2 Å². The van der Waals surface area contributed by atoms with Gasteiger partial charge in [-0.3, -0.25) is 9.48 Å². The number of anilines is 2. The van der Waals surface area contributed by atoms with Crippen LogP contribution in [0.3, 0.4) is 0 Å². The van der Waals surface area contributed by atoms with Crippen molar-refractivity contribution in [3.05, 3.63) is 58.5 Å². The summed E-state index contributed by atoms with van der Waals surface area (Å²) < 4.78 is 1.79. The minimum Gasteiger partial charge on any atom is -0.363 e. The van der Waals surface area contributed by atoms with Crippen LogP contribution in [0, 0.1) is 0 Å². The molecule has 28 heavy (non-hydrogen) atoms. The number of rotatable bonds is 3. The lowest BCUT2D eigenvalue weighted by Crippen LogP contribution is -2.42. The first-order valence-corrected chi connectivity index (χ1v) is 9.60. The number of carbonyl (C=O) groups is 1. The van der Waals surface area contributed by atoms with Gasteiger partial charge in [0.05, 0.1) is 22.3 Å². The van der Waals surface area contributed by atoms with Crippen molar-refractivity contribution in [3.8, 4) is 11.1 Å². The molecule has 0 radical (unpaired) electrons. The van der Waals surface area contributed by atoms with E-state index in [-0.39, 0.29) is 11.9 Å². The lowest BCUT2D eigenvalue weighted by molar-refractivity contribution is 0.0954. The maximum absolute atomic E-state index is 13.4. The van der Waals surface area contributed by atoms with E-state index in [0.717, 1.165) is 16.9 Å².